The third kappa shape index (κ3) is 3.29. The second-order valence-electron chi connectivity index (χ2n) is 4.45. The lowest BCUT2D eigenvalue weighted by Crippen LogP contribution is -2.12. The van der Waals surface area contributed by atoms with E-state index in [9.17, 15) is 9.59 Å². The highest BCUT2D eigenvalue weighted by atomic mass is 16.5. The lowest BCUT2D eigenvalue weighted by molar-refractivity contribution is -0.144. The van der Waals surface area contributed by atoms with Gasteiger partial charge in [0, 0.05) is 6.92 Å². The Balaban J connectivity index is 1.93. The van der Waals surface area contributed by atoms with Crippen molar-refractivity contribution in [2.24, 2.45) is 0 Å². The summed E-state index contributed by atoms with van der Waals surface area (Å²) >= 11 is 0. The van der Waals surface area contributed by atoms with Crippen LogP contribution in [-0.4, -0.2) is 17.9 Å². The number of rotatable bonds is 4. The van der Waals surface area contributed by atoms with Crippen LogP contribution in [0.15, 0.2) is 42.0 Å². The fraction of sp³-hybridized carbons (Fsp3) is 0.333. The van der Waals surface area contributed by atoms with Gasteiger partial charge in [0.25, 0.3) is 0 Å². The summed E-state index contributed by atoms with van der Waals surface area (Å²) < 4.78 is 5.03. The molecule has 1 aromatic rings. The first kappa shape index (κ1) is 12.6. The maximum atomic E-state index is 11.7. The van der Waals surface area contributed by atoms with Gasteiger partial charge in [0.2, 0.25) is 0 Å². The van der Waals surface area contributed by atoms with Crippen LogP contribution in [0.1, 0.15) is 25.3 Å². The summed E-state index contributed by atoms with van der Waals surface area (Å²) in [5.74, 6) is -0.245. The number of esters is 1. The highest BCUT2D eigenvalue weighted by Crippen LogP contribution is 2.22. The normalized spacial score (nSPS) is 18.6. The first-order chi connectivity index (χ1) is 8.65. The molecule has 0 N–H and O–H groups in total. The molecule has 0 radical (unpaired) electrons. The van der Waals surface area contributed by atoms with Crippen LogP contribution >= 0.6 is 0 Å². The maximum Gasteiger partial charge on any atom is 0.303 e. The van der Waals surface area contributed by atoms with Crippen LogP contribution in [0.2, 0.25) is 0 Å². The minimum absolute atomic E-state index is 0.0946. The summed E-state index contributed by atoms with van der Waals surface area (Å²) in [6, 6.07) is 10.0. The number of Topliss-reactive ketones (excluding diaryl/α,β-unsaturated/α-hetero) is 1. The van der Waals surface area contributed by atoms with Crippen molar-refractivity contribution in [2.75, 3.05) is 0 Å². The lowest BCUT2D eigenvalue weighted by Gasteiger charge is -2.05. The second kappa shape index (κ2) is 5.63. The van der Waals surface area contributed by atoms with Crippen molar-refractivity contribution >= 4 is 11.8 Å². The van der Waals surface area contributed by atoms with Crippen molar-refractivity contribution in [1.29, 1.82) is 0 Å². The summed E-state index contributed by atoms with van der Waals surface area (Å²) in [6.07, 6.45) is 3.27. The number of hydrogen-bond acceptors (Lipinski definition) is 3. The minimum atomic E-state index is -0.360. The van der Waals surface area contributed by atoms with E-state index in [1.807, 2.05) is 30.3 Å². The van der Waals surface area contributed by atoms with Crippen molar-refractivity contribution in [3.05, 3.63) is 47.5 Å². The molecule has 1 atom stereocenters. The Bertz CT molecular complexity index is 474. The van der Waals surface area contributed by atoms with Crippen LogP contribution in [0.25, 0.3) is 0 Å². The number of hydrogen-bond donors (Lipinski definition) is 0. The Morgan fingerprint density at radius 3 is 2.67 bits per heavy atom. The summed E-state index contributed by atoms with van der Waals surface area (Å²) in [5.41, 5.74) is 1.99. The van der Waals surface area contributed by atoms with Crippen molar-refractivity contribution in [3.8, 4) is 0 Å². The predicted molar refractivity (Wildman–Crippen MR) is 68.0 cm³/mol. The molecule has 0 saturated carbocycles. The van der Waals surface area contributed by atoms with E-state index >= 15 is 0 Å². The Hall–Kier alpha value is -1.90. The SMILES string of the molecule is CC(=O)OC1C=C(CCc2ccccc2)C(=O)C1. The zero-order chi connectivity index (χ0) is 13.0. The number of ether oxygens (including phenoxy) is 1. The van der Waals surface area contributed by atoms with Crippen LogP contribution in [0.4, 0.5) is 0 Å². The topological polar surface area (TPSA) is 43.4 Å². The third-order valence-electron chi connectivity index (χ3n) is 2.97. The Labute approximate surface area is 106 Å². The molecule has 1 aromatic carbocycles. The van der Waals surface area contributed by atoms with E-state index < -0.39 is 0 Å². The fourth-order valence-corrected chi connectivity index (χ4v) is 2.13. The molecule has 0 aliphatic heterocycles. The molecule has 0 amide bonds. The zero-order valence-electron chi connectivity index (χ0n) is 10.4. The molecule has 3 nitrogen and oxygen atoms in total. The number of carbonyl (C=O) groups excluding carboxylic acids is 2. The Morgan fingerprint density at radius 2 is 2.00 bits per heavy atom. The molecular weight excluding hydrogens is 228 g/mol. The van der Waals surface area contributed by atoms with Gasteiger partial charge in [-0.2, -0.15) is 0 Å². The van der Waals surface area contributed by atoms with Crippen molar-refractivity contribution in [2.45, 2.75) is 32.3 Å². The molecule has 1 unspecified atom stereocenters. The predicted octanol–water partition coefficient (Wildman–Crippen LogP) is 2.45. The van der Waals surface area contributed by atoms with Crippen molar-refractivity contribution in [3.63, 3.8) is 0 Å². The molecular formula is C15H16O3. The molecule has 1 aliphatic carbocycles. The molecule has 0 spiro atoms. The third-order valence-corrected chi connectivity index (χ3v) is 2.97. The van der Waals surface area contributed by atoms with Gasteiger partial charge in [0.15, 0.2) is 5.78 Å². The summed E-state index contributed by atoms with van der Waals surface area (Å²) in [7, 11) is 0. The van der Waals surface area contributed by atoms with E-state index in [0.717, 1.165) is 12.0 Å². The van der Waals surface area contributed by atoms with E-state index in [0.29, 0.717) is 12.8 Å². The molecule has 0 aromatic heterocycles. The van der Waals surface area contributed by atoms with E-state index in [2.05, 4.69) is 0 Å². The van der Waals surface area contributed by atoms with Gasteiger partial charge in [0.05, 0.1) is 6.42 Å². The number of carbonyl (C=O) groups is 2. The molecule has 1 aliphatic rings. The van der Waals surface area contributed by atoms with Gasteiger partial charge < -0.3 is 4.74 Å². The standard InChI is InChI=1S/C15H16O3/c1-11(16)18-14-9-13(15(17)10-14)8-7-12-5-3-2-4-6-12/h2-6,9,14H,7-8,10H2,1H3. The van der Waals surface area contributed by atoms with Gasteiger partial charge in [-0.1, -0.05) is 30.3 Å². The highest BCUT2D eigenvalue weighted by molar-refractivity contribution is 5.98. The van der Waals surface area contributed by atoms with E-state index in [4.69, 9.17) is 4.74 Å². The Morgan fingerprint density at radius 1 is 1.28 bits per heavy atom. The number of benzene rings is 1. The van der Waals surface area contributed by atoms with Gasteiger partial charge in [-0.3, -0.25) is 9.59 Å². The van der Waals surface area contributed by atoms with Gasteiger partial charge in [-0.15, -0.1) is 0 Å². The van der Waals surface area contributed by atoms with Crippen LogP contribution in [0, 0.1) is 0 Å². The fourth-order valence-electron chi connectivity index (χ4n) is 2.13. The zero-order valence-corrected chi connectivity index (χ0v) is 10.4. The minimum Gasteiger partial charge on any atom is -0.458 e. The first-order valence-electron chi connectivity index (χ1n) is 6.10. The monoisotopic (exact) mass is 244 g/mol. The van der Waals surface area contributed by atoms with Gasteiger partial charge in [-0.05, 0) is 30.1 Å². The molecule has 0 bridgehead atoms. The average Bonchev–Trinajstić information content (AvgIpc) is 2.67. The molecule has 0 saturated heterocycles. The Kier molecular flexibility index (Phi) is 3.92. The quantitative estimate of drug-likeness (QED) is 0.764. The lowest BCUT2D eigenvalue weighted by atomic mass is 10.0. The van der Waals surface area contributed by atoms with Crippen LogP contribution < -0.4 is 0 Å². The van der Waals surface area contributed by atoms with Crippen LogP contribution in [0.3, 0.4) is 0 Å². The van der Waals surface area contributed by atoms with Crippen molar-refractivity contribution < 1.29 is 14.3 Å². The van der Waals surface area contributed by atoms with E-state index in [-0.39, 0.29) is 17.9 Å². The number of ketones is 1. The smallest absolute Gasteiger partial charge is 0.303 e. The second-order valence-corrected chi connectivity index (χ2v) is 4.45. The number of allylic oxidation sites excluding steroid dienone is 1. The molecule has 94 valence electrons. The molecule has 18 heavy (non-hydrogen) atoms. The molecule has 0 heterocycles. The highest BCUT2D eigenvalue weighted by Gasteiger charge is 2.25. The van der Waals surface area contributed by atoms with Gasteiger partial charge >= 0.3 is 5.97 Å². The number of aryl methyl sites for hydroxylation is 1. The molecule has 2 rings (SSSR count). The van der Waals surface area contributed by atoms with E-state index in [1.165, 1.54) is 12.5 Å². The maximum absolute atomic E-state index is 11.7. The summed E-state index contributed by atoms with van der Waals surface area (Å²) in [6.45, 7) is 1.36. The average molecular weight is 244 g/mol. The summed E-state index contributed by atoms with van der Waals surface area (Å²) in [5, 5.41) is 0. The largest absolute Gasteiger partial charge is 0.458 e. The molecule has 0 fully saturated rings. The summed E-state index contributed by atoms with van der Waals surface area (Å²) in [4.78, 5) is 22.6. The van der Waals surface area contributed by atoms with Crippen LogP contribution in [-0.2, 0) is 20.7 Å². The molecule has 3 heteroatoms. The van der Waals surface area contributed by atoms with Gasteiger partial charge in [0.1, 0.15) is 6.10 Å². The van der Waals surface area contributed by atoms with E-state index in [1.54, 1.807) is 6.08 Å². The van der Waals surface area contributed by atoms with Gasteiger partial charge in [-0.25, -0.2) is 0 Å². The van der Waals surface area contributed by atoms with Crippen molar-refractivity contribution in [1.82, 2.24) is 0 Å². The first-order valence-corrected chi connectivity index (χ1v) is 6.10. The van der Waals surface area contributed by atoms with Crippen LogP contribution in [0.5, 0.6) is 0 Å².